The lowest BCUT2D eigenvalue weighted by atomic mass is 9.74. The molecule has 2 amide bonds. The third kappa shape index (κ3) is 5.48. The van der Waals surface area contributed by atoms with Crippen LogP contribution in [-0.4, -0.2) is 35.6 Å². The van der Waals surface area contributed by atoms with E-state index in [4.69, 9.17) is 0 Å². The van der Waals surface area contributed by atoms with E-state index in [1.165, 1.54) is 6.92 Å². The van der Waals surface area contributed by atoms with Gasteiger partial charge in [0.2, 0.25) is 11.8 Å². The molecule has 0 radical (unpaired) electrons. The summed E-state index contributed by atoms with van der Waals surface area (Å²) in [4.78, 5) is 24.3. The molecule has 5 nitrogen and oxygen atoms in total. The van der Waals surface area contributed by atoms with Crippen LogP contribution < -0.4 is 10.6 Å². The molecule has 0 unspecified atom stereocenters. The topological polar surface area (TPSA) is 78.4 Å². The summed E-state index contributed by atoms with van der Waals surface area (Å²) in [6, 6.07) is 17.9. The van der Waals surface area contributed by atoms with E-state index in [1.807, 2.05) is 49.4 Å². The maximum absolute atomic E-state index is 12.7. The molecule has 1 fully saturated rings. The molecule has 0 heterocycles. The first kappa shape index (κ1) is 22.0. The summed E-state index contributed by atoms with van der Waals surface area (Å²) in [6.07, 6.45) is 2.55. The third-order valence-corrected chi connectivity index (χ3v) is 6.33. The van der Waals surface area contributed by atoms with Crippen molar-refractivity contribution in [2.45, 2.75) is 63.5 Å². The molecule has 1 aliphatic rings. The average Bonchev–Trinajstić information content (AvgIpc) is 2.89. The first-order valence-electron chi connectivity index (χ1n) is 10.7. The van der Waals surface area contributed by atoms with Gasteiger partial charge in [0.15, 0.2) is 0 Å². The normalized spacial score (nSPS) is 24.0. The molecule has 160 valence electrons. The Balaban J connectivity index is 1.75. The molecule has 0 aromatic heterocycles. The van der Waals surface area contributed by atoms with Crippen LogP contribution in [0.2, 0.25) is 0 Å². The van der Waals surface area contributed by atoms with Gasteiger partial charge in [-0.3, -0.25) is 9.59 Å². The molecule has 30 heavy (non-hydrogen) atoms. The Kier molecular flexibility index (Phi) is 7.27. The summed E-state index contributed by atoms with van der Waals surface area (Å²) < 4.78 is 0. The molecule has 0 spiro atoms. The van der Waals surface area contributed by atoms with Crippen molar-refractivity contribution >= 4 is 11.8 Å². The molecule has 1 aliphatic carbocycles. The number of hydrogen-bond acceptors (Lipinski definition) is 3. The van der Waals surface area contributed by atoms with Crippen LogP contribution in [0.5, 0.6) is 0 Å². The van der Waals surface area contributed by atoms with Crippen LogP contribution in [0.3, 0.4) is 0 Å². The monoisotopic (exact) mass is 408 g/mol. The van der Waals surface area contributed by atoms with E-state index in [0.717, 1.165) is 29.5 Å². The van der Waals surface area contributed by atoms with Gasteiger partial charge in [-0.15, -0.1) is 0 Å². The number of benzene rings is 2. The SMILES string of the molecule is CC(=O)N[C@H]1CC[C@](CNC(=O)Cc2ccccc2C)(c2ccccc2)CC[C@@H]1O. The fourth-order valence-corrected chi connectivity index (χ4v) is 4.47. The van der Waals surface area contributed by atoms with Crippen molar-refractivity contribution in [3.63, 3.8) is 0 Å². The molecule has 3 N–H and O–H groups in total. The van der Waals surface area contributed by atoms with E-state index in [1.54, 1.807) is 0 Å². The van der Waals surface area contributed by atoms with Crippen molar-refractivity contribution in [1.29, 1.82) is 0 Å². The second-order valence-electron chi connectivity index (χ2n) is 8.48. The van der Waals surface area contributed by atoms with Crippen LogP contribution in [0.15, 0.2) is 54.6 Å². The standard InChI is InChI=1S/C25H32N2O3/c1-18-8-6-7-9-20(18)16-24(30)26-17-25(21-10-4-3-5-11-21)14-12-22(27-19(2)28)23(29)13-15-25/h3-11,22-23,29H,12-17H2,1-2H3,(H,26,30)(H,27,28)/t22-,23-,25-/m0/s1. The Morgan fingerprint density at radius 2 is 1.70 bits per heavy atom. The zero-order valence-electron chi connectivity index (χ0n) is 17.9. The number of rotatable bonds is 6. The Morgan fingerprint density at radius 1 is 1.03 bits per heavy atom. The zero-order chi connectivity index (χ0) is 21.6. The Hall–Kier alpha value is -2.66. The van der Waals surface area contributed by atoms with Gasteiger partial charge in [0.25, 0.3) is 0 Å². The maximum Gasteiger partial charge on any atom is 0.224 e. The number of carbonyl (C=O) groups is 2. The highest BCUT2D eigenvalue weighted by Gasteiger charge is 2.38. The largest absolute Gasteiger partial charge is 0.391 e. The van der Waals surface area contributed by atoms with Gasteiger partial charge in [-0.1, -0.05) is 54.6 Å². The number of aryl methyl sites for hydroxylation is 1. The highest BCUT2D eigenvalue weighted by Crippen LogP contribution is 2.38. The Bertz CT molecular complexity index is 868. The van der Waals surface area contributed by atoms with Gasteiger partial charge >= 0.3 is 0 Å². The van der Waals surface area contributed by atoms with Crippen molar-refractivity contribution in [3.05, 3.63) is 71.3 Å². The minimum Gasteiger partial charge on any atom is -0.391 e. The van der Waals surface area contributed by atoms with E-state index in [0.29, 0.717) is 25.8 Å². The van der Waals surface area contributed by atoms with Crippen molar-refractivity contribution < 1.29 is 14.7 Å². The van der Waals surface area contributed by atoms with E-state index >= 15 is 0 Å². The van der Waals surface area contributed by atoms with Gasteiger partial charge < -0.3 is 15.7 Å². The van der Waals surface area contributed by atoms with Gasteiger partial charge in [0, 0.05) is 18.9 Å². The van der Waals surface area contributed by atoms with Crippen LogP contribution in [0.1, 0.15) is 49.3 Å². The molecular weight excluding hydrogens is 376 g/mol. The molecular formula is C25H32N2O3. The van der Waals surface area contributed by atoms with Gasteiger partial charge in [0.05, 0.1) is 18.6 Å². The van der Waals surface area contributed by atoms with Gasteiger partial charge in [-0.25, -0.2) is 0 Å². The lowest BCUT2D eigenvalue weighted by Crippen LogP contribution is -2.42. The second-order valence-corrected chi connectivity index (χ2v) is 8.48. The lowest BCUT2D eigenvalue weighted by Gasteiger charge is -2.34. The lowest BCUT2D eigenvalue weighted by molar-refractivity contribution is -0.121. The summed E-state index contributed by atoms with van der Waals surface area (Å²) in [5.74, 6) is -0.124. The van der Waals surface area contributed by atoms with E-state index < -0.39 is 6.10 Å². The predicted octanol–water partition coefficient (Wildman–Crippen LogP) is 3.03. The van der Waals surface area contributed by atoms with E-state index in [-0.39, 0.29) is 23.3 Å². The van der Waals surface area contributed by atoms with Crippen LogP contribution in [-0.2, 0) is 21.4 Å². The summed E-state index contributed by atoms with van der Waals surface area (Å²) in [5.41, 5.74) is 3.04. The van der Waals surface area contributed by atoms with Crippen LogP contribution in [0, 0.1) is 6.92 Å². The highest BCUT2D eigenvalue weighted by molar-refractivity contribution is 5.79. The fourth-order valence-electron chi connectivity index (χ4n) is 4.47. The van der Waals surface area contributed by atoms with Gasteiger partial charge in [-0.2, -0.15) is 0 Å². The maximum atomic E-state index is 12.7. The number of aliphatic hydroxyl groups is 1. The third-order valence-electron chi connectivity index (χ3n) is 6.33. The number of hydrogen-bond donors (Lipinski definition) is 3. The van der Waals surface area contributed by atoms with Gasteiger partial charge in [0.1, 0.15) is 0 Å². The smallest absolute Gasteiger partial charge is 0.224 e. The summed E-state index contributed by atoms with van der Waals surface area (Å²) in [7, 11) is 0. The molecule has 3 atom stereocenters. The minimum atomic E-state index is -0.581. The number of aliphatic hydroxyl groups excluding tert-OH is 1. The van der Waals surface area contributed by atoms with Crippen molar-refractivity contribution in [3.8, 4) is 0 Å². The first-order valence-corrected chi connectivity index (χ1v) is 10.7. The quantitative estimate of drug-likeness (QED) is 0.643. The summed E-state index contributed by atoms with van der Waals surface area (Å²) in [6.45, 7) is 4.01. The summed E-state index contributed by atoms with van der Waals surface area (Å²) >= 11 is 0. The summed E-state index contributed by atoms with van der Waals surface area (Å²) in [5, 5.41) is 16.6. The second kappa shape index (κ2) is 9.90. The number of amides is 2. The van der Waals surface area contributed by atoms with Crippen LogP contribution in [0.25, 0.3) is 0 Å². The number of nitrogens with one attached hydrogen (secondary N) is 2. The van der Waals surface area contributed by atoms with Crippen molar-refractivity contribution in [2.24, 2.45) is 0 Å². The van der Waals surface area contributed by atoms with Gasteiger partial charge in [-0.05, 0) is 49.3 Å². The molecule has 0 aliphatic heterocycles. The Morgan fingerprint density at radius 3 is 2.40 bits per heavy atom. The predicted molar refractivity (Wildman–Crippen MR) is 118 cm³/mol. The highest BCUT2D eigenvalue weighted by atomic mass is 16.3. The van der Waals surface area contributed by atoms with E-state index in [2.05, 4.69) is 22.8 Å². The minimum absolute atomic E-state index is 0.00260. The molecule has 1 saturated carbocycles. The first-order chi connectivity index (χ1) is 14.4. The molecule has 2 aromatic rings. The Labute approximate surface area is 178 Å². The molecule has 0 saturated heterocycles. The fraction of sp³-hybridized carbons (Fsp3) is 0.440. The molecule has 5 heteroatoms. The van der Waals surface area contributed by atoms with E-state index in [9.17, 15) is 14.7 Å². The molecule has 3 rings (SSSR count). The average molecular weight is 409 g/mol. The van der Waals surface area contributed by atoms with Crippen molar-refractivity contribution in [2.75, 3.05) is 6.54 Å². The molecule has 2 aromatic carbocycles. The number of carbonyl (C=O) groups excluding carboxylic acids is 2. The van der Waals surface area contributed by atoms with Crippen molar-refractivity contribution in [1.82, 2.24) is 10.6 Å². The van der Waals surface area contributed by atoms with Crippen LogP contribution in [0.4, 0.5) is 0 Å². The zero-order valence-corrected chi connectivity index (χ0v) is 17.9. The van der Waals surface area contributed by atoms with Crippen LogP contribution >= 0.6 is 0 Å². The molecule has 0 bridgehead atoms.